The molecular formula is C16H10ClN3O. The molecule has 0 fully saturated rings. The van der Waals surface area contributed by atoms with E-state index in [0.717, 1.165) is 16.7 Å². The van der Waals surface area contributed by atoms with Gasteiger partial charge in [0.25, 0.3) is 5.89 Å². The van der Waals surface area contributed by atoms with E-state index in [0.29, 0.717) is 22.3 Å². The maximum absolute atomic E-state index is 8.89. The molecule has 0 amide bonds. The van der Waals surface area contributed by atoms with Crippen molar-refractivity contribution in [3.8, 4) is 28.9 Å². The van der Waals surface area contributed by atoms with Crippen LogP contribution in [0.2, 0.25) is 5.02 Å². The minimum Gasteiger partial charge on any atom is -0.334 e. The predicted molar refractivity (Wildman–Crippen MR) is 79.6 cm³/mol. The van der Waals surface area contributed by atoms with E-state index in [4.69, 9.17) is 21.4 Å². The van der Waals surface area contributed by atoms with Crippen LogP contribution in [0.25, 0.3) is 22.8 Å². The van der Waals surface area contributed by atoms with Crippen molar-refractivity contribution in [3.63, 3.8) is 0 Å². The number of aryl methyl sites for hydroxylation is 1. The molecule has 0 saturated heterocycles. The Hall–Kier alpha value is -2.64. The summed E-state index contributed by atoms with van der Waals surface area (Å²) < 4.78 is 5.31. The average Bonchev–Trinajstić information content (AvgIpc) is 2.96. The molecule has 4 nitrogen and oxygen atoms in total. The van der Waals surface area contributed by atoms with Crippen molar-refractivity contribution in [2.45, 2.75) is 6.92 Å². The standard InChI is InChI=1S/C16H10ClN3O/c1-10-7-11(9-18)5-6-14(10)16-19-15(20-21-16)12-3-2-4-13(17)8-12/h2-8H,1H3. The molecule has 0 bridgehead atoms. The van der Waals surface area contributed by atoms with E-state index in [1.807, 2.05) is 25.1 Å². The summed E-state index contributed by atoms with van der Waals surface area (Å²) in [6.07, 6.45) is 0. The van der Waals surface area contributed by atoms with E-state index in [-0.39, 0.29) is 0 Å². The van der Waals surface area contributed by atoms with Crippen molar-refractivity contribution >= 4 is 11.6 Å². The van der Waals surface area contributed by atoms with Crippen LogP contribution in [0.15, 0.2) is 47.0 Å². The van der Waals surface area contributed by atoms with Gasteiger partial charge in [0.1, 0.15) is 0 Å². The number of halogens is 1. The molecule has 3 rings (SSSR count). The molecule has 1 aromatic heterocycles. The molecule has 3 aromatic rings. The summed E-state index contributed by atoms with van der Waals surface area (Å²) in [6.45, 7) is 1.90. The Bertz CT molecular complexity index is 849. The van der Waals surface area contributed by atoms with Crippen LogP contribution in [0.5, 0.6) is 0 Å². The summed E-state index contributed by atoms with van der Waals surface area (Å²) in [5.41, 5.74) is 3.12. The van der Waals surface area contributed by atoms with E-state index in [1.54, 1.807) is 24.3 Å². The first-order chi connectivity index (χ1) is 10.2. The fraction of sp³-hybridized carbons (Fsp3) is 0.0625. The fourth-order valence-corrected chi connectivity index (χ4v) is 2.24. The normalized spacial score (nSPS) is 10.3. The highest BCUT2D eigenvalue weighted by Crippen LogP contribution is 2.26. The van der Waals surface area contributed by atoms with Crippen LogP contribution in [-0.4, -0.2) is 10.1 Å². The smallest absolute Gasteiger partial charge is 0.258 e. The molecule has 0 saturated carbocycles. The molecular weight excluding hydrogens is 286 g/mol. The summed E-state index contributed by atoms with van der Waals surface area (Å²) in [4.78, 5) is 4.39. The van der Waals surface area contributed by atoms with Crippen molar-refractivity contribution in [1.82, 2.24) is 10.1 Å². The summed E-state index contributed by atoms with van der Waals surface area (Å²) in [5.74, 6) is 0.906. The summed E-state index contributed by atoms with van der Waals surface area (Å²) in [6, 6.07) is 14.7. The predicted octanol–water partition coefficient (Wildman–Crippen LogP) is 4.24. The lowest BCUT2D eigenvalue weighted by Gasteiger charge is -2.00. The largest absolute Gasteiger partial charge is 0.334 e. The van der Waals surface area contributed by atoms with Crippen molar-refractivity contribution in [2.24, 2.45) is 0 Å². The first kappa shape index (κ1) is 13.3. The minimum absolute atomic E-state index is 0.423. The van der Waals surface area contributed by atoms with Crippen molar-refractivity contribution < 1.29 is 4.52 Å². The Kier molecular flexibility index (Phi) is 3.43. The molecule has 0 aliphatic carbocycles. The van der Waals surface area contributed by atoms with Gasteiger partial charge in [-0.3, -0.25) is 0 Å². The van der Waals surface area contributed by atoms with Gasteiger partial charge in [-0.15, -0.1) is 0 Å². The summed E-state index contributed by atoms with van der Waals surface area (Å²) in [7, 11) is 0. The molecule has 0 N–H and O–H groups in total. The van der Waals surface area contributed by atoms with E-state index < -0.39 is 0 Å². The zero-order valence-corrected chi connectivity index (χ0v) is 11.9. The van der Waals surface area contributed by atoms with Crippen LogP contribution < -0.4 is 0 Å². The number of hydrogen-bond acceptors (Lipinski definition) is 4. The highest BCUT2D eigenvalue weighted by atomic mass is 35.5. The minimum atomic E-state index is 0.423. The van der Waals surface area contributed by atoms with Crippen LogP contribution in [0.4, 0.5) is 0 Å². The Morgan fingerprint density at radius 1 is 1.19 bits per heavy atom. The Balaban J connectivity index is 2.01. The van der Waals surface area contributed by atoms with Crippen LogP contribution in [0.1, 0.15) is 11.1 Å². The molecule has 0 atom stereocenters. The molecule has 21 heavy (non-hydrogen) atoms. The molecule has 0 spiro atoms. The second-order valence-electron chi connectivity index (χ2n) is 4.57. The highest BCUT2D eigenvalue weighted by Gasteiger charge is 2.13. The van der Waals surface area contributed by atoms with Gasteiger partial charge in [0.05, 0.1) is 11.6 Å². The van der Waals surface area contributed by atoms with Crippen LogP contribution in [-0.2, 0) is 0 Å². The molecule has 0 aliphatic heterocycles. The molecule has 0 aliphatic rings. The quantitative estimate of drug-likeness (QED) is 0.709. The van der Waals surface area contributed by atoms with Crippen LogP contribution >= 0.6 is 11.6 Å². The van der Waals surface area contributed by atoms with Gasteiger partial charge in [0.2, 0.25) is 5.82 Å². The average molecular weight is 296 g/mol. The summed E-state index contributed by atoms with van der Waals surface area (Å²) in [5, 5.41) is 13.5. The van der Waals surface area contributed by atoms with E-state index in [1.165, 1.54) is 0 Å². The molecule has 0 unspecified atom stereocenters. The molecule has 2 aromatic carbocycles. The highest BCUT2D eigenvalue weighted by molar-refractivity contribution is 6.30. The zero-order valence-electron chi connectivity index (χ0n) is 11.2. The van der Waals surface area contributed by atoms with Gasteiger partial charge in [0, 0.05) is 16.1 Å². The molecule has 5 heteroatoms. The van der Waals surface area contributed by atoms with Crippen molar-refractivity contribution in [1.29, 1.82) is 5.26 Å². The third kappa shape index (κ3) is 2.64. The van der Waals surface area contributed by atoms with E-state index >= 15 is 0 Å². The maximum Gasteiger partial charge on any atom is 0.258 e. The zero-order chi connectivity index (χ0) is 14.8. The van der Waals surface area contributed by atoms with Crippen molar-refractivity contribution in [3.05, 3.63) is 58.6 Å². The third-order valence-electron chi connectivity index (χ3n) is 3.09. The van der Waals surface area contributed by atoms with Crippen LogP contribution in [0.3, 0.4) is 0 Å². The Morgan fingerprint density at radius 2 is 2.05 bits per heavy atom. The lowest BCUT2D eigenvalue weighted by atomic mass is 10.1. The van der Waals surface area contributed by atoms with Gasteiger partial charge in [-0.05, 0) is 42.8 Å². The molecule has 0 radical (unpaired) electrons. The maximum atomic E-state index is 8.89. The number of nitriles is 1. The van der Waals surface area contributed by atoms with Gasteiger partial charge in [-0.2, -0.15) is 10.2 Å². The van der Waals surface area contributed by atoms with Crippen molar-refractivity contribution in [2.75, 3.05) is 0 Å². The monoisotopic (exact) mass is 295 g/mol. The Morgan fingerprint density at radius 3 is 2.76 bits per heavy atom. The van der Waals surface area contributed by atoms with Crippen LogP contribution in [0, 0.1) is 18.3 Å². The second kappa shape index (κ2) is 5.39. The van der Waals surface area contributed by atoms with Gasteiger partial charge >= 0.3 is 0 Å². The molecule has 102 valence electrons. The van der Waals surface area contributed by atoms with Gasteiger partial charge < -0.3 is 4.52 Å². The van der Waals surface area contributed by atoms with E-state index in [9.17, 15) is 0 Å². The SMILES string of the molecule is Cc1cc(C#N)ccc1-c1nc(-c2cccc(Cl)c2)no1. The first-order valence-electron chi connectivity index (χ1n) is 6.28. The second-order valence-corrected chi connectivity index (χ2v) is 5.01. The summed E-state index contributed by atoms with van der Waals surface area (Å²) >= 11 is 5.96. The number of rotatable bonds is 2. The number of aromatic nitrogens is 2. The van der Waals surface area contributed by atoms with E-state index in [2.05, 4.69) is 16.2 Å². The number of nitrogens with zero attached hydrogens (tertiary/aromatic N) is 3. The fourth-order valence-electron chi connectivity index (χ4n) is 2.05. The third-order valence-corrected chi connectivity index (χ3v) is 3.33. The first-order valence-corrected chi connectivity index (χ1v) is 6.66. The Labute approximate surface area is 126 Å². The molecule has 1 heterocycles. The van der Waals surface area contributed by atoms with Gasteiger partial charge in [-0.1, -0.05) is 28.9 Å². The topological polar surface area (TPSA) is 62.7 Å². The number of hydrogen-bond donors (Lipinski definition) is 0. The lowest BCUT2D eigenvalue weighted by Crippen LogP contribution is -1.86. The number of benzene rings is 2. The van der Waals surface area contributed by atoms with Gasteiger partial charge in [-0.25, -0.2) is 0 Å². The van der Waals surface area contributed by atoms with Gasteiger partial charge in [0.15, 0.2) is 0 Å². The lowest BCUT2D eigenvalue weighted by molar-refractivity contribution is 0.432.